The summed E-state index contributed by atoms with van der Waals surface area (Å²) in [5, 5.41) is 13.4. The Kier molecular flexibility index (Phi) is 2.60. The maximum atomic E-state index is 11.6. The van der Waals surface area contributed by atoms with Crippen LogP contribution in [0.15, 0.2) is 5.38 Å². The van der Waals surface area contributed by atoms with E-state index in [1.807, 2.05) is 6.92 Å². The molecule has 78 valence electrons. The first-order valence-corrected chi connectivity index (χ1v) is 5.67. The van der Waals surface area contributed by atoms with Crippen LogP contribution in [0.1, 0.15) is 15.5 Å². The summed E-state index contributed by atoms with van der Waals surface area (Å²) < 4.78 is 0. The first kappa shape index (κ1) is 9.99. The van der Waals surface area contributed by atoms with Gasteiger partial charge in [-0.3, -0.25) is 10.1 Å². The summed E-state index contributed by atoms with van der Waals surface area (Å²) >= 11 is 2.53. The molecule has 0 atom stereocenters. The van der Waals surface area contributed by atoms with Crippen LogP contribution in [0.3, 0.4) is 0 Å². The third-order valence-corrected chi connectivity index (χ3v) is 2.93. The van der Waals surface area contributed by atoms with Crippen LogP contribution >= 0.6 is 22.7 Å². The number of carbonyl (C=O) groups excluding carboxylic acids is 1. The van der Waals surface area contributed by atoms with E-state index in [4.69, 9.17) is 5.73 Å². The van der Waals surface area contributed by atoms with E-state index < -0.39 is 0 Å². The zero-order chi connectivity index (χ0) is 10.8. The molecule has 1 amide bonds. The highest BCUT2D eigenvalue weighted by molar-refractivity contribution is 7.15. The summed E-state index contributed by atoms with van der Waals surface area (Å²) in [5.41, 5.74) is 5.71. The van der Waals surface area contributed by atoms with E-state index in [1.54, 1.807) is 5.38 Å². The summed E-state index contributed by atoms with van der Waals surface area (Å²) in [4.78, 5) is 15.4. The molecule has 0 saturated carbocycles. The first-order chi connectivity index (χ1) is 7.15. The van der Waals surface area contributed by atoms with Crippen molar-refractivity contribution in [1.29, 1.82) is 0 Å². The quantitative estimate of drug-likeness (QED) is 0.822. The molecule has 0 unspecified atom stereocenters. The van der Waals surface area contributed by atoms with Gasteiger partial charge in [0, 0.05) is 5.38 Å². The molecule has 6 nitrogen and oxygen atoms in total. The molecular formula is C7H7N5OS2. The highest BCUT2D eigenvalue weighted by Gasteiger charge is 2.11. The molecule has 0 fully saturated rings. The number of nitrogens with one attached hydrogen (secondary N) is 1. The number of hydrogen-bond acceptors (Lipinski definition) is 7. The normalized spacial score (nSPS) is 10.2. The summed E-state index contributed by atoms with van der Waals surface area (Å²) in [6, 6.07) is 0. The fraction of sp³-hybridized carbons (Fsp3) is 0.143. The number of carbonyl (C=O) groups is 1. The largest absolute Gasteiger partial charge is 0.375 e. The van der Waals surface area contributed by atoms with Crippen LogP contribution in [0.4, 0.5) is 10.3 Å². The topological polar surface area (TPSA) is 93.8 Å². The van der Waals surface area contributed by atoms with E-state index in [1.165, 1.54) is 22.7 Å². The number of rotatable bonds is 2. The number of aromatic nitrogens is 3. The Bertz CT molecular complexity index is 491. The Morgan fingerprint density at radius 1 is 1.53 bits per heavy atom. The van der Waals surface area contributed by atoms with E-state index in [-0.39, 0.29) is 5.91 Å². The lowest BCUT2D eigenvalue weighted by Crippen LogP contribution is -2.12. The van der Waals surface area contributed by atoms with Gasteiger partial charge >= 0.3 is 0 Å². The lowest BCUT2D eigenvalue weighted by molar-refractivity contribution is 0.102. The second-order valence-electron chi connectivity index (χ2n) is 2.65. The molecule has 0 aliphatic rings. The number of nitrogens with two attached hydrogens (primary N) is 1. The number of aryl methyl sites for hydroxylation is 1. The molecule has 2 heterocycles. The molecule has 3 N–H and O–H groups in total. The summed E-state index contributed by atoms with van der Waals surface area (Å²) in [5.74, 6) is -0.320. The van der Waals surface area contributed by atoms with Crippen LogP contribution in [-0.4, -0.2) is 21.1 Å². The zero-order valence-corrected chi connectivity index (χ0v) is 9.35. The predicted molar refractivity (Wildman–Crippen MR) is 59.1 cm³/mol. The van der Waals surface area contributed by atoms with Crippen molar-refractivity contribution in [3.05, 3.63) is 16.1 Å². The second kappa shape index (κ2) is 3.91. The van der Waals surface area contributed by atoms with Crippen molar-refractivity contribution in [2.75, 3.05) is 11.1 Å². The number of nitrogen functional groups attached to an aromatic ring is 1. The Balaban J connectivity index is 2.10. The van der Waals surface area contributed by atoms with E-state index in [0.717, 1.165) is 5.01 Å². The average molecular weight is 241 g/mol. The first-order valence-electron chi connectivity index (χ1n) is 3.97. The minimum atomic E-state index is -0.320. The Morgan fingerprint density at radius 3 is 2.87 bits per heavy atom. The van der Waals surface area contributed by atoms with Crippen LogP contribution in [0.5, 0.6) is 0 Å². The van der Waals surface area contributed by atoms with Gasteiger partial charge in [0.1, 0.15) is 10.7 Å². The van der Waals surface area contributed by atoms with Crippen LogP contribution in [0.25, 0.3) is 0 Å². The van der Waals surface area contributed by atoms with Crippen molar-refractivity contribution in [2.45, 2.75) is 6.92 Å². The standard InChI is InChI=1S/C7H7N5OS2/c1-3-11-12-7(15-3)10-5(13)4-2-14-6(8)9-4/h2H,1H3,(H2,8,9)(H,10,12,13). The van der Waals surface area contributed by atoms with Crippen LogP contribution in [0.2, 0.25) is 0 Å². The van der Waals surface area contributed by atoms with Crippen molar-refractivity contribution in [1.82, 2.24) is 15.2 Å². The molecule has 2 aromatic heterocycles. The van der Waals surface area contributed by atoms with Crippen molar-refractivity contribution in [2.24, 2.45) is 0 Å². The minimum Gasteiger partial charge on any atom is -0.375 e. The molecule has 0 aliphatic heterocycles. The summed E-state index contributed by atoms with van der Waals surface area (Å²) in [6.45, 7) is 1.81. The molecule has 15 heavy (non-hydrogen) atoms. The summed E-state index contributed by atoms with van der Waals surface area (Å²) in [7, 11) is 0. The lowest BCUT2D eigenvalue weighted by atomic mass is 10.5. The van der Waals surface area contributed by atoms with Crippen molar-refractivity contribution in [3.63, 3.8) is 0 Å². The maximum absolute atomic E-state index is 11.6. The van der Waals surface area contributed by atoms with Gasteiger partial charge in [0.25, 0.3) is 5.91 Å². The van der Waals surface area contributed by atoms with Crippen LogP contribution in [0, 0.1) is 6.92 Å². The number of nitrogens with zero attached hydrogens (tertiary/aromatic N) is 3. The third kappa shape index (κ3) is 2.28. The van der Waals surface area contributed by atoms with Crippen LogP contribution in [-0.2, 0) is 0 Å². The van der Waals surface area contributed by atoms with Gasteiger partial charge in [-0.05, 0) is 6.92 Å². The van der Waals surface area contributed by atoms with Crippen LogP contribution < -0.4 is 11.1 Å². The van der Waals surface area contributed by atoms with Crippen molar-refractivity contribution < 1.29 is 4.79 Å². The fourth-order valence-electron chi connectivity index (χ4n) is 0.900. The van der Waals surface area contributed by atoms with E-state index in [0.29, 0.717) is 16.0 Å². The Morgan fingerprint density at radius 2 is 2.33 bits per heavy atom. The van der Waals surface area contributed by atoms with Gasteiger partial charge in [0.15, 0.2) is 5.13 Å². The Hall–Kier alpha value is -1.54. The van der Waals surface area contributed by atoms with Gasteiger partial charge < -0.3 is 5.73 Å². The molecular weight excluding hydrogens is 234 g/mol. The van der Waals surface area contributed by atoms with Gasteiger partial charge in [0.2, 0.25) is 5.13 Å². The highest BCUT2D eigenvalue weighted by Crippen LogP contribution is 2.16. The predicted octanol–water partition coefficient (Wildman–Crippen LogP) is 1.14. The van der Waals surface area contributed by atoms with E-state index >= 15 is 0 Å². The molecule has 2 aromatic rings. The summed E-state index contributed by atoms with van der Waals surface area (Å²) in [6.07, 6.45) is 0. The molecule has 0 saturated heterocycles. The molecule has 0 spiro atoms. The van der Waals surface area contributed by atoms with Gasteiger partial charge in [-0.2, -0.15) is 0 Å². The van der Waals surface area contributed by atoms with Crippen molar-refractivity contribution >= 4 is 38.8 Å². The lowest BCUT2D eigenvalue weighted by Gasteiger charge is -1.95. The van der Waals surface area contributed by atoms with E-state index in [9.17, 15) is 4.79 Å². The smallest absolute Gasteiger partial charge is 0.277 e. The van der Waals surface area contributed by atoms with E-state index in [2.05, 4.69) is 20.5 Å². The number of hydrogen-bond donors (Lipinski definition) is 2. The SMILES string of the molecule is Cc1nnc(NC(=O)c2csc(N)n2)s1. The van der Waals surface area contributed by atoms with Gasteiger partial charge in [-0.25, -0.2) is 4.98 Å². The molecule has 2 rings (SSSR count). The number of amides is 1. The number of anilines is 2. The Labute approximate surface area is 93.2 Å². The maximum Gasteiger partial charge on any atom is 0.277 e. The zero-order valence-electron chi connectivity index (χ0n) is 7.72. The molecule has 0 aromatic carbocycles. The monoisotopic (exact) mass is 241 g/mol. The van der Waals surface area contributed by atoms with Gasteiger partial charge in [-0.15, -0.1) is 21.5 Å². The molecule has 0 aliphatic carbocycles. The number of thiazole rings is 1. The second-order valence-corrected chi connectivity index (χ2v) is 4.72. The molecule has 8 heteroatoms. The molecule has 0 bridgehead atoms. The highest BCUT2D eigenvalue weighted by atomic mass is 32.1. The van der Waals surface area contributed by atoms with Gasteiger partial charge in [-0.1, -0.05) is 11.3 Å². The average Bonchev–Trinajstić information content (AvgIpc) is 2.75. The van der Waals surface area contributed by atoms with Crippen molar-refractivity contribution in [3.8, 4) is 0 Å². The molecule has 0 radical (unpaired) electrons. The van der Waals surface area contributed by atoms with Gasteiger partial charge in [0.05, 0.1) is 0 Å². The third-order valence-electron chi connectivity index (χ3n) is 1.50. The minimum absolute atomic E-state index is 0.297. The fourth-order valence-corrected chi connectivity index (χ4v) is 2.03.